The van der Waals surface area contributed by atoms with Gasteiger partial charge in [-0.1, -0.05) is 43.4 Å². The van der Waals surface area contributed by atoms with Crippen molar-refractivity contribution in [2.45, 2.75) is 57.8 Å². The van der Waals surface area contributed by atoms with Crippen LogP contribution in [0, 0.1) is 53.3 Å². The van der Waals surface area contributed by atoms with E-state index >= 15 is 0 Å². The predicted molar refractivity (Wildman–Crippen MR) is 118 cm³/mol. The van der Waals surface area contributed by atoms with E-state index < -0.39 is 23.9 Å². The zero-order valence-electron chi connectivity index (χ0n) is 19.1. The van der Waals surface area contributed by atoms with E-state index in [2.05, 4.69) is 36.5 Å². The van der Waals surface area contributed by atoms with Gasteiger partial charge >= 0.3 is 23.9 Å². The van der Waals surface area contributed by atoms with Crippen molar-refractivity contribution in [3.05, 3.63) is 36.5 Å². The molecule has 6 aliphatic rings. The van der Waals surface area contributed by atoms with Crippen molar-refractivity contribution in [1.29, 1.82) is 0 Å². The topological polar surface area (TPSA) is 78.9 Å². The zero-order valence-corrected chi connectivity index (χ0v) is 19.1. The summed E-state index contributed by atoms with van der Waals surface area (Å²) in [7, 11) is 0. The second-order valence-electron chi connectivity index (χ2n) is 11.0. The lowest BCUT2D eigenvalue weighted by Gasteiger charge is -2.34. The molecule has 6 bridgehead atoms. The van der Waals surface area contributed by atoms with Crippen molar-refractivity contribution in [3.8, 4) is 0 Å². The van der Waals surface area contributed by atoms with Crippen LogP contribution in [0.4, 0.5) is 0 Å². The van der Waals surface area contributed by atoms with Gasteiger partial charge in [0.1, 0.15) is 0 Å². The fourth-order valence-corrected chi connectivity index (χ4v) is 7.12. The summed E-state index contributed by atoms with van der Waals surface area (Å²) in [5.74, 6) is -2.49. The van der Waals surface area contributed by atoms with Gasteiger partial charge in [-0.3, -0.25) is 14.4 Å². The molecule has 0 amide bonds. The Morgan fingerprint density at radius 3 is 1.15 bits per heavy atom. The molecule has 6 aliphatic carbocycles. The number of rotatable bonds is 7. The first-order chi connectivity index (χ1) is 15.9. The molecule has 0 aliphatic heterocycles. The first kappa shape index (κ1) is 21.2. The lowest BCUT2D eigenvalue weighted by molar-refractivity contribution is -0.336. The number of hydrogen-bond acceptors (Lipinski definition) is 6. The highest BCUT2D eigenvalue weighted by atomic mass is 16.9. The SMILES string of the molecule is CCC(OC(=O)C1CC2C=CC1C2)(OC(=O)C1CC2C=CC1C2)OC(=O)C1CC2C=CC1C2. The predicted octanol–water partition coefficient (Wildman–Crippen LogP) is 4.32. The fourth-order valence-electron chi connectivity index (χ4n) is 7.12. The molecular weight excluding hydrogens is 420 g/mol. The summed E-state index contributed by atoms with van der Waals surface area (Å²) >= 11 is 0. The van der Waals surface area contributed by atoms with Crippen LogP contribution in [-0.2, 0) is 28.6 Å². The normalized spacial score (nSPS) is 42.6. The summed E-state index contributed by atoms with van der Waals surface area (Å²) in [5, 5.41) is 0. The monoisotopic (exact) mass is 452 g/mol. The van der Waals surface area contributed by atoms with Crippen molar-refractivity contribution in [2.24, 2.45) is 53.3 Å². The number of hydrogen-bond donors (Lipinski definition) is 0. The summed E-state index contributed by atoms with van der Waals surface area (Å²) in [6.45, 7) is 1.73. The Bertz CT molecular complexity index is 829. The van der Waals surface area contributed by atoms with Gasteiger partial charge in [0.2, 0.25) is 0 Å². The molecule has 176 valence electrons. The van der Waals surface area contributed by atoms with Gasteiger partial charge in [-0.15, -0.1) is 0 Å². The molecule has 0 radical (unpaired) electrons. The molecule has 3 saturated carbocycles. The second-order valence-corrected chi connectivity index (χ2v) is 11.0. The summed E-state index contributed by atoms with van der Waals surface area (Å²) in [6, 6.07) is 0. The van der Waals surface area contributed by atoms with Crippen molar-refractivity contribution in [1.82, 2.24) is 0 Å². The molecule has 0 heterocycles. The van der Waals surface area contributed by atoms with Gasteiger partial charge < -0.3 is 14.2 Å². The molecular formula is C27H32O6. The van der Waals surface area contributed by atoms with Crippen molar-refractivity contribution in [3.63, 3.8) is 0 Å². The second kappa shape index (κ2) is 7.85. The molecule has 3 fully saturated rings. The van der Waals surface area contributed by atoms with Crippen LogP contribution in [0.15, 0.2) is 36.5 Å². The maximum atomic E-state index is 13.2. The van der Waals surface area contributed by atoms with Crippen molar-refractivity contribution >= 4 is 17.9 Å². The van der Waals surface area contributed by atoms with Gasteiger partial charge in [0.05, 0.1) is 24.2 Å². The Hall–Kier alpha value is -2.37. The molecule has 0 aromatic heterocycles. The van der Waals surface area contributed by atoms with Gasteiger partial charge in [0.25, 0.3) is 0 Å². The minimum Gasteiger partial charge on any atom is -0.388 e. The Labute approximate surface area is 194 Å². The summed E-state index contributed by atoms with van der Waals surface area (Å²) in [4.78, 5) is 39.6. The number of esters is 3. The third kappa shape index (κ3) is 3.66. The van der Waals surface area contributed by atoms with Gasteiger partial charge in [0, 0.05) is 0 Å². The number of carbonyl (C=O) groups is 3. The Balaban J connectivity index is 1.21. The molecule has 6 nitrogen and oxygen atoms in total. The van der Waals surface area contributed by atoms with Crippen molar-refractivity contribution < 1.29 is 28.6 Å². The number of carbonyl (C=O) groups excluding carboxylic acids is 3. The minimum absolute atomic E-state index is 0.0696. The molecule has 9 atom stereocenters. The van der Waals surface area contributed by atoms with E-state index in [0.29, 0.717) is 17.8 Å². The Kier molecular flexibility index (Phi) is 5.04. The fraction of sp³-hybridized carbons (Fsp3) is 0.667. The number of ether oxygens (including phenoxy) is 3. The quantitative estimate of drug-likeness (QED) is 0.325. The molecule has 33 heavy (non-hydrogen) atoms. The third-order valence-electron chi connectivity index (χ3n) is 8.95. The highest BCUT2D eigenvalue weighted by Crippen LogP contribution is 2.48. The van der Waals surface area contributed by atoms with E-state index in [1.165, 1.54) is 0 Å². The smallest absolute Gasteiger partial charge is 0.388 e. The Morgan fingerprint density at radius 1 is 0.606 bits per heavy atom. The van der Waals surface area contributed by atoms with E-state index in [1.807, 2.05) is 0 Å². The van der Waals surface area contributed by atoms with E-state index in [0.717, 1.165) is 38.5 Å². The van der Waals surface area contributed by atoms with Crippen LogP contribution in [0.5, 0.6) is 0 Å². The highest BCUT2D eigenvalue weighted by Gasteiger charge is 2.52. The zero-order chi connectivity index (χ0) is 22.7. The van der Waals surface area contributed by atoms with E-state index in [4.69, 9.17) is 14.2 Å². The van der Waals surface area contributed by atoms with Gasteiger partial charge in [0.15, 0.2) is 0 Å². The lowest BCUT2D eigenvalue weighted by atomic mass is 9.93. The molecule has 0 aromatic carbocycles. The maximum Gasteiger partial charge on any atom is 0.423 e. The van der Waals surface area contributed by atoms with Crippen LogP contribution in [0.2, 0.25) is 0 Å². The van der Waals surface area contributed by atoms with E-state index in [-0.39, 0.29) is 41.9 Å². The third-order valence-corrected chi connectivity index (χ3v) is 8.95. The number of fused-ring (bicyclic) bond motifs is 6. The highest BCUT2D eigenvalue weighted by molar-refractivity contribution is 5.78. The van der Waals surface area contributed by atoms with Crippen LogP contribution in [0.3, 0.4) is 0 Å². The Morgan fingerprint density at radius 2 is 0.939 bits per heavy atom. The van der Waals surface area contributed by atoms with Crippen LogP contribution in [0.25, 0.3) is 0 Å². The molecule has 0 N–H and O–H groups in total. The summed E-state index contributed by atoms with van der Waals surface area (Å²) in [5.41, 5.74) is 0. The molecule has 9 unspecified atom stereocenters. The summed E-state index contributed by atoms with van der Waals surface area (Å²) in [6.07, 6.45) is 17.8. The van der Waals surface area contributed by atoms with Gasteiger partial charge in [-0.05, 0) is 74.0 Å². The first-order valence-electron chi connectivity index (χ1n) is 12.7. The van der Waals surface area contributed by atoms with Crippen LogP contribution in [0.1, 0.15) is 51.9 Å². The average molecular weight is 453 g/mol. The van der Waals surface area contributed by atoms with Gasteiger partial charge in [-0.25, -0.2) is 0 Å². The van der Waals surface area contributed by atoms with Crippen molar-refractivity contribution in [2.75, 3.05) is 0 Å². The van der Waals surface area contributed by atoms with E-state index in [1.54, 1.807) is 6.92 Å². The minimum atomic E-state index is -1.99. The molecule has 6 rings (SSSR count). The van der Waals surface area contributed by atoms with Crippen LogP contribution in [-0.4, -0.2) is 23.9 Å². The standard InChI is InChI=1S/C27H32O6/c1-2-27(31-24(28)21-12-15-3-6-18(21)9-15,32-25(29)22-13-16-4-7-19(22)10-16)33-26(30)23-14-17-5-8-20(23)11-17/h3-8,15-23H,2,9-14H2,1H3. The molecule has 0 saturated heterocycles. The molecule has 6 heteroatoms. The largest absolute Gasteiger partial charge is 0.423 e. The van der Waals surface area contributed by atoms with Gasteiger partial charge in [-0.2, -0.15) is 0 Å². The first-order valence-corrected chi connectivity index (χ1v) is 12.7. The maximum absolute atomic E-state index is 13.2. The molecule has 0 spiro atoms. The van der Waals surface area contributed by atoms with E-state index in [9.17, 15) is 14.4 Å². The van der Waals surface area contributed by atoms with Crippen LogP contribution < -0.4 is 0 Å². The summed E-state index contributed by atoms with van der Waals surface area (Å²) < 4.78 is 17.5. The molecule has 0 aromatic rings. The van der Waals surface area contributed by atoms with Crippen LogP contribution >= 0.6 is 0 Å². The lowest BCUT2D eigenvalue weighted by Crippen LogP contribution is -2.48. The average Bonchev–Trinajstić information content (AvgIpc) is 3.66. The number of allylic oxidation sites excluding steroid dienone is 6.